The molecule has 0 bridgehead atoms. The van der Waals surface area contributed by atoms with Gasteiger partial charge in [-0.25, -0.2) is 4.57 Å². The molecule has 0 saturated heterocycles. The Morgan fingerprint density at radius 1 is 0.484 bits per heavy atom. The first-order chi connectivity index (χ1) is 31.0. The second-order valence-corrected chi connectivity index (χ2v) is 20.0. The summed E-state index contributed by atoms with van der Waals surface area (Å²) in [6.07, 6.45) is 57.3. The Morgan fingerprint density at radius 2 is 0.844 bits per heavy atom. The Bertz CT molecular complexity index is 1270. The van der Waals surface area contributed by atoms with E-state index in [-0.39, 0.29) is 26.1 Å². The van der Waals surface area contributed by atoms with E-state index in [0.29, 0.717) is 23.9 Å². The number of carbonyl (C=O) groups excluding carboxylic acids is 2. The fourth-order valence-corrected chi connectivity index (χ4v) is 7.69. The highest BCUT2D eigenvalue weighted by molar-refractivity contribution is 7.47. The van der Waals surface area contributed by atoms with Crippen LogP contribution in [0.25, 0.3) is 0 Å². The molecule has 0 aromatic rings. The zero-order chi connectivity index (χ0) is 47.1. The van der Waals surface area contributed by atoms with Crippen molar-refractivity contribution in [3.8, 4) is 0 Å². The third-order valence-electron chi connectivity index (χ3n) is 11.0. The van der Waals surface area contributed by atoms with Crippen molar-refractivity contribution in [3.63, 3.8) is 0 Å². The van der Waals surface area contributed by atoms with E-state index in [0.717, 1.165) is 38.5 Å². The molecule has 0 amide bonds. The lowest BCUT2D eigenvalue weighted by Gasteiger charge is -2.24. The third kappa shape index (κ3) is 49.2. The number of hydrogen-bond donors (Lipinski definition) is 1. The first-order valence-corrected chi connectivity index (χ1v) is 27.5. The number of unbranched alkanes of at least 4 members (excludes halogenated alkanes) is 23. The summed E-state index contributed by atoms with van der Waals surface area (Å²) >= 11 is 0. The molecule has 0 rings (SSSR count). The predicted molar refractivity (Wildman–Crippen MR) is 270 cm³/mol. The molecule has 0 saturated carbocycles. The van der Waals surface area contributed by atoms with E-state index in [2.05, 4.69) is 74.6 Å². The number of esters is 2. The Morgan fingerprint density at radius 3 is 1.30 bits per heavy atom. The fourth-order valence-electron chi connectivity index (χ4n) is 6.95. The van der Waals surface area contributed by atoms with E-state index in [9.17, 15) is 19.0 Å². The van der Waals surface area contributed by atoms with Gasteiger partial charge in [0.2, 0.25) is 0 Å². The lowest BCUT2D eigenvalue weighted by molar-refractivity contribution is -0.870. The molecular formula is C54H99NO8P+. The van der Waals surface area contributed by atoms with Crippen LogP contribution < -0.4 is 0 Å². The zero-order valence-electron chi connectivity index (χ0n) is 42.0. The smallest absolute Gasteiger partial charge is 0.462 e. The number of carbonyl (C=O) groups is 2. The van der Waals surface area contributed by atoms with Gasteiger partial charge in [0.15, 0.2) is 6.10 Å². The maximum Gasteiger partial charge on any atom is 0.472 e. The van der Waals surface area contributed by atoms with Crippen LogP contribution in [-0.4, -0.2) is 74.9 Å². The van der Waals surface area contributed by atoms with Crippen LogP contribution in [0.15, 0.2) is 60.8 Å². The normalized spacial score (nSPS) is 13.9. The lowest BCUT2D eigenvalue weighted by atomic mass is 10.0. The van der Waals surface area contributed by atoms with Gasteiger partial charge in [-0.1, -0.05) is 197 Å². The number of ether oxygens (including phenoxy) is 2. The van der Waals surface area contributed by atoms with Crippen molar-refractivity contribution in [1.29, 1.82) is 0 Å². The highest BCUT2D eigenvalue weighted by atomic mass is 31.2. The van der Waals surface area contributed by atoms with E-state index in [1.165, 1.54) is 141 Å². The van der Waals surface area contributed by atoms with E-state index < -0.39 is 32.5 Å². The molecule has 0 aliphatic rings. The Labute approximate surface area is 394 Å². The first kappa shape index (κ1) is 61.7. The number of nitrogens with zero attached hydrogens (tertiary/aromatic N) is 1. The predicted octanol–water partition coefficient (Wildman–Crippen LogP) is 15.6. The van der Waals surface area contributed by atoms with Gasteiger partial charge in [0.05, 0.1) is 27.7 Å². The molecule has 0 spiro atoms. The summed E-state index contributed by atoms with van der Waals surface area (Å²) in [4.78, 5) is 35.5. The number of quaternary nitrogens is 1. The standard InChI is InChI=1S/C54H98NO8P/c1-6-8-10-12-14-16-18-20-22-24-25-26-27-28-29-31-33-35-37-39-41-43-45-47-54(57)63-52(51-62-64(58,59)61-49-48-55(3,4)5)50-60-53(56)46-44-42-40-38-36-34-32-30-23-21-19-17-15-13-11-9-7-2/h15,17,21,23,32,34,38-41,52H,6-14,16,18-20,22,24-31,33,35-37,42-51H2,1-5H3/p+1/b17-15+,23-21+,34-32+,40-38+,41-39+/t52-/m1/s1. The summed E-state index contributed by atoms with van der Waals surface area (Å²) < 4.78 is 34.3. The number of hydrogen-bond acceptors (Lipinski definition) is 7. The minimum absolute atomic E-state index is 0.0171. The van der Waals surface area contributed by atoms with Crippen molar-refractivity contribution in [3.05, 3.63) is 60.8 Å². The number of phosphoric ester groups is 1. The molecule has 0 fully saturated rings. The average Bonchev–Trinajstić information content (AvgIpc) is 3.25. The number of rotatable bonds is 47. The van der Waals surface area contributed by atoms with Crippen LogP contribution in [0, 0.1) is 0 Å². The Balaban J connectivity index is 4.33. The molecule has 1 unspecified atom stereocenters. The summed E-state index contributed by atoms with van der Waals surface area (Å²) in [5.41, 5.74) is 0. The zero-order valence-corrected chi connectivity index (χ0v) is 42.9. The van der Waals surface area contributed by atoms with Gasteiger partial charge in [0.1, 0.15) is 19.8 Å². The largest absolute Gasteiger partial charge is 0.472 e. The van der Waals surface area contributed by atoms with Crippen LogP contribution >= 0.6 is 7.82 Å². The maximum absolute atomic E-state index is 12.7. The molecule has 0 heterocycles. The average molecular weight is 921 g/mol. The summed E-state index contributed by atoms with van der Waals surface area (Å²) in [5.74, 6) is -0.899. The number of allylic oxidation sites excluding steroid dienone is 10. The molecule has 0 radical (unpaired) electrons. The van der Waals surface area contributed by atoms with Gasteiger partial charge in [-0.2, -0.15) is 0 Å². The molecule has 0 aliphatic carbocycles. The lowest BCUT2D eigenvalue weighted by Crippen LogP contribution is -2.37. The molecule has 1 N–H and O–H groups in total. The SMILES string of the molecule is CCCCC/C=C/C/C=C/C/C=C/C/C=C/CCCC(=O)OC[C@H](COP(=O)(O)OCC[N+](C)(C)C)OC(=O)CCC/C=C/CCCCCCCCCCCCCCCCCCCC. The molecule has 0 aromatic carbocycles. The highest BCUT2D eigenvalue weighted by Gasteiger charge is 2.27. The quantitative estimate of drug-likeness (QED) is 0.0211. The fraction of sp³-hybridized carbons (Fsp3) is 0.778. The number of phosphoric acid groups is 1. The van der Waals surface area contributed by atoms with Crippen molar-refractivity contribution in [2.24, 2.45) is 0 Å². The van der Waals surface area contributed by atoms with E-state index in [1.807, 2.05) is 21.1 Å². The van der Waals surface area contributed by atoms with E-state index in [4.69, 9.17) is 18.5 Å². The molecule has 9 nitrogen and oxygen atoms in total. The Kier molecular flexibility index (Phi) is 44.2. The topological polar surface area (TPSA) is 108 Å². The van der Waals surface area contributed by atoms with Gasteiger partial charge in [0.25, 0.3) is 0 Å². The van der Waals surface area contributed by atoms with Crippen LogP contribution in [0.5, 0.6) is 0 Å². The summed E-state index contributed by atoms with van der Waals surface area (Å²) in [5, 5.41) is 0. The van der Waals surface area contributed by atoms with Gasteiger partial charge >= 0.3 is 19.8 Å². The summed E-state index contributed by atoms with van der Waals surface area (Å²) in [7, 11) is 1.43. The van der Waals surface area contributed by atoms with Crippen molar-refractivity contribution < 1.29 is 42.1 Å². The molecule has 64 heavy (non-hydrogen) atoms. The van der Waals surface area contributed by atoms with Gasteiger partial charge in [-0.3, -0.25) is 18.6 Å². The molecule has 2 atom stereocenters. The Hall–Kier alpha value is -2.29. The van der Waals surface area contributed by atoms with Gasteiger partial charge in [-0.15, -0.1) is 0 Å². The van der Waals surface area contributed by atoms with Gasteiger partial charge in [0, 0.05) is 12.8 Å². The van der Waals surface area contributed by atoms with Gasteiger partial charge < -0.3 is 18.9 Å². The van der Waals surface area contributed by atoms with Crippen LogP contribution in [-0.2, 0) is 32.7 Å². The molecular weight excluding hydrogens is 822 g/mol. The molecule has 372 valence electrons. The minimum atomic E-state index is -4.40. The van der Waals surface area contributed by atoms with Crippen molar-refractivity contribution in [2.45, 2.75) is 225 Å². The monoisotopic (exact) mass is 921 g/mol. The molecule has 0 aromatic heterocycles. The second kappa shape index (κ2) is 45.8. The summed E-state index contributed by atoms with van der Waals surface area (Å²) in [6, 6.07) is 0. The van der Waals surface area contributed by atoms with E-state index in [1.54, 1.807) is 0 Å². The third-order valence-corrected chi connectivity index (χ3v) is 12.0. The van der Waals surface area contributed by atoms with Crippen LogP contribution in [0.4, 0.5) is 0 Å². The molecule has 10 heteroatoms. The highest BCUT2D eigenvalue weighted by Crippen LogP contribution is 2.43. The minimum Gasteiger partial charge on any atom is -0.462 e. The van der Waals surface area contributed by atoms with E-state index >= 15 is 0 Å². The van der Waals surface area contributed by atoms with Gasteiger partial charge in [-0.05, 0) is 70.6 Å². The van der Waals surface area contributed by atoms with Crippen molar-refractivity contribution in [1.82, 2.24) is 0 Å². The number of likely N-dealkylation sites (N-methyl/N-ethyl adjacent to an activating group) is 1. The van der Waals surface area contributed by atoms with Crippen LogP contribution in [0.2, 0.25) is 0 Å². The van der Waals surface area contributed by atoms with Crippen LogP contribution in [0.1, 0.15) is 219 Å². The first-order valence-electron chi connectivity index (χ1n) is 26.0. The van der Waals surface area contributed by atoms with Crippen molar-refractivity contribution >= 4 is 19.8 Å². The molecule has 0 aliphatic heterocycles. The van der Waals surface area contributed by atoms with Crippen LogP contribution in [0.3, 0.4) is 0 Å². The maximum atomic E-state index is 12.7. The summed E-state index contributed by atoms with van der Waals surface area (Å²) in [6.45, 7) is 4.32. The second-order valence-electron chi connectivity index (χ2n) is 18.5. The van der Waals surface area contributed by atoms with Crippen molar-refractivity contribution in [2.75, 3.05) is 47.5 Å².